The molecule has 2 aromatic heterocycles. The van der Waals surface area contributed by atoms with E-state index in [1.807, 2.05) is 49.4 Å². The average molecular weight is 294 g/mol. The van der Waals surface area contributed by atoms with Crippen LogP contribution in [0.2, 0.25) is 0 Å². The molecule has 7 nitrogen and oxygen atoms in total. The SMILES string of the molecule is Cc1ccnc(-c2nc(O)nc(NNc3ccccc3)n2)c1. The van der Waals surface area contributed by atoms with E-state index < -0.39 is 0 Å². The molecule has 2 heterocycles. The predicted octanol–water partition coefficient (Wildman–Crippen LogP) is 2.39. The Morgan fingerprint density at radius 3 is 2.55 bits per heavy atom. The summed E-state index contributed by atoms with van der Waals surface area (Å²) in [4.78, 5) is 16.2. The lowest BCUT2D eigenvalue weighted by Gasteiger charge is -2.09. The molecule has 0 atom stereocenters. The molecule has 0 bridgehead atoms. The Balaban J connectivity index is 1.84. The van der Waals surface area contributed by atoms with Crippen LogP contribution in [0, 0.1) is 6.92 Å². The number of nitrogens with one attached hydrogen (secondary N) is 2. The fraction of sp³-hybridized carbons (Fsp3) is 0.0667. The predicted molar refractivity (Wildman–Crippen MR) is 83.1 cm³/mol. The minimum absolute atomic E-state index is 0.203. The fourth-order valence-electron chi connectivity index (χ4n) is 1.84. The van der Waals surface area contributed by atoms with Gasteiger partial charge in [0.05, 0.1) is 5.69 Å². The molecule has 0 unspecified atom stereocenters. The molecule has 0 saturated carbocycles. The average Bonchev–Trinajstić information content (AvgIpc) is 2.53. The van der Waals surface area contributed by atoms with Gasteiger partial charge in [-0.2, -0.15) is 15.0 Å². The molecule has 0 saturated heterocycles. The molecule has 3 N–H and O–H groups in total. The molecule has 22 heavy (non-hydrogen) atoms. The van der Waals surface area contributed by atoms with E-state index in [9.17, 15) is 5.11 Å². The highest BCUT2D eigenvalue weighted by Gasteiger charge is 2.09. The first kappa shape index (κ1) is 13.7. The number of hydrogen-bond donors (Lipinski definition) is 3. The summed E-state index contributed by atoms with van der Waals surface area (Å²) in [6.07, 6.45) is 1.67. The standard InChI is InChI=1S/C15H14N6O/c1-10-7-8-16-12(9-10)13-17-14(19-15(22)18-13)21-20-11-5-3-2-4-6-11/h2-9,20H,1H3,(H2,17,18,19,21,22). The second-order valence-electron chi connectivity index (χ2n) is 4.62. The van der Waals surface area contributed by atoms with Gasteiger partial charge < -0.3 is 5.11 Å². The number of hydrogen-bond acceptors (Lipinski definition) is 7. The number of pyridine rings is 1. The molecule has 3 aromatic rings. The van der Waals surface area contributed by atoms with E-state index in [-0.39, 0.29) is 12.0 Å². The number of benzene rings is 1. The number of rotatable bonds is 4. The van der Waals surface area contributed by atoms with E-state index in [1.54, 1.807) is 6.20 Å². The molecule has 0 amide bonds. The first-order valence-electron chi connectivity index (χ1n) is 6.66. The summed E-state index contributed by atoms with van der Waals surface area (Å²) in [5, 5.41) is 9.66. The third kappa shape index (κ3) is 3.26. The lowest BCUT2D eigenvalue weighted by atomic mass is 10.2. The molecule has 0 aliphatic carbocycles. The van der Waals surface area contributed by atoms with Gasteiger partial charge in [-0.1, -0.05) is 18.2 Å². The van der Waals surface area contributed by atoms with Gasteiger partial charge in [-0.05, 0) is 36.8 Å². The van der Waals surface area contributed by atoms with Gasteiger partial charge in [0.2, 0.25) is 5.95 Å². The first-order chi connectivity index (χ1) is 10.7. The molecule has 7 heteroatoms. The zero-order chi connectivity index (χ0) is 15.4. The van der Waals surface area contributed by atoms with Gasteiger partial charge in [0, 0.05) is 6.20 Å². The summed E-state index contributed by atoms with van der Waals surface area (Å²) < 4.78 is 0. The van der Waals surface area contributed by atoms with Crippen LogP contribution in [0.1, 0.15) is 5.56 Å². The van der Waals surface area contributed by atoms with Crippen molar-refractivity contribution in [2.45, 2.75) is 6.92 Å². The maximum Gasteiger partial charge on any atom is 0.319 e. The van der Waals surface area contributed by atoms with Crippen molar-refractivity contribution in [3.8, 4) is 17.5 Å². The van der Waals surface area contributed by atoms with Gasteiger partial charge in [-0.25, -0.2) is 0 Å². The maximum absolute atomic E-state index is 9.66. The Morgan fingerprint density at radius 2 is 1.77 bits per heavy atom. The van der Waals surface area contributed by atoms with Gasteiger partial charge >= 0.3 is 6.01 Å². The van der Waals surface area contributed by atoms with Crippen molar-refractivity contribution in [3.63, 3.8) is 0 Å². The lowest BCUT2D eigenvalue weighted by molar-refractivity contribution is 0.430. The van der Waals surface area contributed by atoms with Gasteiger partial charge in [0.15, 0.2) is 5.82 Å². The van der Waals surface area contributed by atoms with Crippen LogP contribution in [0.4, 0.5) is 11.6 Å². The normalized spacial score (nSPS) is 10.2. The molecular weight excluding hydrogens is 280 g/mol. The number of hydrazine groups is 1. The Hall–Kier alpha value is -3.22. The number of nitrogens with zero attached hydrogens (tertiary/aromatic N) is 4. The summed E-state index contributed by atoms with van der Waals surface area (Å²) in [5.41, 5.74) is 8.21. The van der Waals surface area contributed by atoms with Gasteiger partial charge in [-0.15, -0.1) is 0 Å². The van der Waals surface area contributed by atoms with Crippen molar-refractivity contribution in [2.75, 3.05) is 10.9 Å². The quantitative estimate of drug-likeness (QED) is 0.636. The van der Waals surface area contributed by atoms with Crippen LogP contribution in [0.25, 0.3) is 11.5 Å². The number of aryl methyl sites for hydroxylation is 1. The molecule has 0 fully saturated rings. The molecular formula is C15H14N6O. The summed E-state index contributed by atoms with van der Waals surface area (Å²) in [5.74, 6) is 0.503. The van der Waals surface area contributed by atoms with Gasteiger partial charge in [0.25, 0.3) is 0 Å². The van der Waals surface area contributed by atoms with Crippen molar-refractivity contribution in [1.29, 1.82) is 0 Å². The van der Waals surface area contributed by atoms with Crippen LogP contribution in [0.5, 0.6) is 6.01 Å². The van der Waals surface area contributed by atoms with Crippen LogP contribution >= 0.6 is 0 Å². The lowest BCUT2D eigenvalue weighted by Crippen LogP contribution is -2.12. The van der Waals surface area contributed by atoms with E-state index in [1.165, 1.54) is 0 Å². The summed E-state index contributed by atoms with van der Waals surface area (Å²) in [6.45, 7) is 1.95. The topological polar surface area (TPSA) is 95.9 Å². The molecule has 3 rings (SSSR count). The smallest absolute Gasteiger partial charge is 0.319 e. The van der Waals surface area contributed by atoms with E-state index in [0.29, 0.717) is 11.5 Å². The third-order valence-corrected chi connectivity index (χ3v) is 2.86. The second kappa shape index (κ2) is 6.04. The van der Waals surface area contributed by atoms with E-state index in [4.69, 9.17) is 0 Å². The van der Waals surface area contributed by atoms with Crippen molar-refractivity contribution >= 4 is 11.6 Å². The Labute approximate surface area is 127 Å². The van der Waals surface area contributed by atoms with E-state index in [0.717, 1.165) is 11.3 Å². The summed E-state index contributed by atoms with van der Waals surface area (Å²) in [6, 6.07) is 12.8. The Kier molecular flexibility index (Phi) is 3.78. The Bertz CT molecular complexity index is 778. The number of para-hydroxylation sites is 1. The third-order valence-electron chi connectivity index (χ3n) is 2.86. The molecule has 0 radical (unpaired) electrons. The highest BCUT2D eigenvalue weighted by atomic mass is 16.3. The van der Waals surface area contributed by atoms with E-state index >= 15 is 0 Å². The zero-order valence-corrected chi connectivity index (χ0v) is 11.9. The number of aromatic nitrogens is 4. The number of anilines is 2. The second-order valence-corrected chi connectivity index (χ2v) is 4.62. The van der Waals surface area contributed by atoms with E-state index in [2.05, 4.69) is 30.8 Å². The summed E-state index contributed by atoms with van der Waals surface area (Å²) >= 11 is 0. The summed E-state index contributed by atoms with van der Waals surface area (Å²) in [7, 11) is 0. The fourth-order valence-corrected chi connectivity index (χ4v) is 1.84. The van der Waals surface area contributed by atoms with Crippen molar-refractivity contribution in [3.05, 3.63) is 54.2 Å². The largest absolute Gasteiger partial charge is 0.479 e. The first-order valence-corrected chi connectivity index (χ1v) is 6.66. The maximum atomic E-state index is 9.66. The highest BCUT2D eigenvalue weighted by Crippen LogP contribution is 2.17. The molecule has 0 aliphatic rings. The van der Waals surface area contributed by atoms with Gasteiger partial charge in [-0.3, -0.25) is 15.8 Å². The zero-order valence-electron chi connectivity index (χ0n) is 11.9. The van der Waals surface area contributed by atoms with Crippen LogP contribution in [0.15, 0.2) is 48.7 Å². The van der Waals surface area contributed by atoms with Crippen molar-refractivity contribution in [2.24, 2.45) is 0 Å². The molecule has 0 aliphatic heterocycles. The molecule has 1 aromatic carbocycles. The van der Waals surface area contributed by atoms with Crippen molar-refractivity contribution in [1.82, 2.24) is 19.9 Å². The van der Waals surface area contributed by atoms with Crippen LogP contribution in [0.3, 0.4) is 0 Å². The van der Waals surface area contributed by atoms with Crippen LogP contribution < -0.4 is 10.9 Å². The van der Waals surface area contributed by atoms with Crippen LogP contribution in [-0.4, -0.2) is 25.0 Å². The van der Waals surface area contributed by atoms with Crippen molar-refractivity contribution < 1.29 is 5.11 Å². The minimum atomic E-state index is -0.370. The minimum Gasteiger partial charge on any atom is -0.479 e. The highest BCUT2D eigenvalue weighted by molar-refractivity contribution is 5.53. The molecule has 110 valence electrons. The van der Waals surface area contributed by atoms with Gasteiger partial charge in [0.1, 0.15) is 5.69 Å². The monoisotopic (exact) mass is 294 g/mol. The number of aromatic hydroxyl groups is 1. The molecule has 0 spiro atoms. The van der Waals surface area contributed by atoms with Crippen LogP contribution in [-0.2, 0) is 0 Å². The Morgan fingerprint density at radius 1 is 0.955 bits per heavy atom.